The molecule has 0 aliphatic heterocycles. The quantitative estimate of drug-likeness (QED) is 0.826. The van der Waals surface area contributed by atoms with E-state index >= 15 is 0 Å². The zero-order valence-electron chi connectivity index (χ0n) is 14.0. The summed E-state index contributed by atoms with van der Waals surface area (Å²) in [6.07, 6.45) is 0. The molecule has 118 valence electrons. The molecule has 1 aromatic carbocycles. The van der Waals surface area contributed by atoms with Gasteiger partial charge in [0.25, 0.3) is 5.91 Å². The molecule has 22 heavy (non-hydrogen) atoms. The number of hydrogen-bond donors (Lipinski definition) is 0. The second-order valence-electron chi connectivity index (χ2n) is 6.35. The number of benzene rings is 1. The Bertz CT molecular complexity index is 651. The number of hydrogen-bond acceptors (Lipinski definition) is 3. The van der Waals surface area contributed by atoms with E-state index in [1.807, 2.05) is 43.0 Å². The van der Waals surface area contributed by atoms with Crippen LogP contribution in [-0.4, -0.2) is 28.9 Å². The van der Waals surface area contributed by atoms with Crippen molar-refractivity contribution in [1.82, 2.24) is 9.88 Å². The third-order valence-corrected chi connectivity index (χ3v) is 4.57. The predicted octanol–water partition coefficient (Wildman–Crippen LogP) is 4.59. The summed E-state index contributed by atoms with van der Waals surface area (Å²) in [4.78, 5) is 19.0. The van der Waals surface area contributed by atoms with Gasteiger partial charge in [-0.3, -0.25) is 4.79 Å². The summed E-state index contributed by atoms with van der Waals surface area (Å²) in [5, 5.41) is 3.08. The molecule has 0 saturated heterocycles. The number of carbonyl (C=O) groups is 1. The van der Waals surface area contributed by atoms with Crippen LogP contribution in [-0.2, 0) is 5.41 Å². The van der Waals surface area contributed by atoms with E-state index in [9.17, 15) is 4.79 Å². The van der Waals surface area contributed by atoms with E-state index in [4.69, 9.17) is 4.98 Å². The zero-order chi connectivity index (χ0) is 16.3. The largest absolute Gasteiger partial charge is 0.339 e. The Kier molecular flexibility index (Phi) is 5.01. The van der Waals surface area contributed by atoms with Gasteiger partial charge in [-0.2, -0.15) is 0 Å². The highest BCUT2D eigenvalue weighted by atomic mass is 32.1. The molecule has 0 saturated carbocycles. The minimum atomic E-state index is 0.0450. The van der Waals surface area contributed by atoms with Crippen LogP contribution in [0.3, 0.4) is 0 Å². The van der Waals surface area contributed by atoms with Crippen molar-refractivity contribution in [2.24, 2.45) is 0 Å². The summed E-state index contributed by atoms with van der Waals surface area (Å²) < 4.78 is 0. The molecule has 0 spiro atoms. The van der Waals surface area contributed by atoms with Gasteiger partial charge in [-0.05, 0) is 26.0 Å². The van der Waals surface area contributed by atoms with Gasteiger partial charge >= 0.3 is 0 Å². The number of carbonyl (C=O) groups excluding carboxylic acids is 1. The molecule has 3 nitrogen and oxygen atoms in total. The number of aromatic nitrogens is 1. The third-order valence-electron chi connectivity index (χ3n) is 3.68. The van der Waals surface area contributed by atoms with Crippen LogP contribution in [0.2, 0.25) is 0 Å². The molecule has 2 aromatic rings. The van der Waals surface area contributed by atoms with Crippen LogP contribution in [0.4, 0.5) is 0 Å². The Morgan fingerprint density at radius 3 is 2.45 bits per heavy atom. The number of rotatable bonds is 4. The first-order valence-corrected chi connectivity index (χ1v) is 8.60. The van der Waals surface area contributed by atoms with E-state index in [0.29, 0.717) is 0 Å². The van der Waals surface area contributed by atoms with Crippen LogP contribution >= 0.6 is 11.3 Å². The molecule has 0 fully saturated rings. The average Bonchev–Trinajstić information content (AvgIpc) is 2.98. The minimum absolute atomic E-state index is 0.0450. The van der Waals surface area contributed by atoms with Gasteiger partial charge in [-0.1, -0.05) is 32.9 Å². The van der Waals surface area contributed by atoms with Gasteiger partial charge in [-0.25, -0.2) is 4.98 Å². The first-order valence-electron chi connectivity index (χ1n) is 7.72. The Morgan fingerprint density at radius 2 is 1.91 bits per heavy atom. The summed E-state index contributed by atoms with van der Waals surface area (Å²) >= 11 is 1.63. The predicted molar refractivity (Wildman–Crippen MR) is 93.5 cm³/mol. The lowest BCUT2D eigenvalue weighted by Crippen LogP contribution is -2.30. The molecule has 0 aliphatic rings. The maximum atomic E-state index is 12.5. The zero-order valence-corrected chi connectivity index (χ0v) is 14.8. The Labute approximate surface area is 137 Å². The molecule has 1 heterocycles. The van der Waals surface area contributed by atoms with E-state index in [1.165, 1.54) is 0 Å². The summed E-state index contributed by atoms with van der Waals surface area (Å²) in [5.41, 5.74) is 2.88. The number of nitrogens with zero attached hydrogens (tertiary/aromatic N) is 2. The molecule has 0 radical (unpaired) electrons. The Hall–Kier alpha value is -1.68. The lowest BCUT2D eigenvalue weighted by Gasteiger charge is -2.18. The molecule has 0 N–H and O–H groups in total. The molecule has 1 amide bonds. The number of thiazole rings is 1. The van der Waals surface area contributed by atoms with E-state index in [-0.39, 0.29) is 11.3 Å². The van der Waals surface area contributed by atoms with E-state index in [0.717, 1.165) is 34.9 Å². The van der Waals surface area contributed by atoms with Crippen LogP contribution < -0.4 is 0 Å². The second kappa shape index (κ2) is 6.61. The molecule has 0 bridgehead atoms. The molecule has 4 heteroatoms. The van der Waals surface area contributed by atoms with Crippen molar-refractivity contribution in [3.63, 3.8) is 0 Å². The molecule has 0 atom stereocenters. The minimum Gasteiger partial charge on any atom is -0.339 e. The topological polar surface area (TPSA) is 33.2 Å². The SMILES string of the molecule is CCN(CC)C(=O)c1cccc(-c2nc(C(C)(C)C)cs2)c1. The van der Waals surface area contributed by atoms with E-state index in [2.05, 4.69) is 26.2 Å². The summed E-state index contributed by atoms with van der Waals surface area (Å²) in [7, 11) is 0. The van der Waals surface area contributed by atoms with E-state index < -0.39 is 0 Å². The first-order chi connectivity index (χ1) is 10.4. The smallest absolute Gasteiger partial charge is 0.253 e. The van der Waals surface area contributed by atoms with Crippen molar-refractivity contribution in [2.45, 2.75) is 40.0 Å². The Morgan fingerprint density at radius 1 is 1.23 bits per heavy atom. The van der Waals surface area contributed by atoms with Gasteiger partial charge in [0.15, 0.2) is 0 Å². The van der Waals surface area contributed by atoms with Crippen LogP contribution in [0.15, 0.2) is 29.6 Å². The molecule has 2 rings (SSSR count). The van der Waals surface area contributed by atoms with Gasteiger partial charge in [0.1, 0.15) is 5.01 Å². The molecule has 1 aromatic heterocycles. The maximum absolute atomic E-state index is 12.5. The monoisotopic (exact) mass is 316 g/mol. The van der Waals surface area contributed by atoms with Crippen LogP contribution in [0.25, 0.3) is 10.6 Å². The number of amides is 1. The van der Waals surface area contributed by atoms with Gasteiger partial charge in [0.05, 0.1) is 5.69 Å². The van der Waals surface area contributed by atoms with Gasteiger partial charge < -0.3 is 4.90 Å². The van der Waals surface area contributed by atoms with Crippen molar-refractivity contribution in [3.05, 3.63) is 40.9 Å². The fourth-order valence-electron chi connectivity index (χ4n) is 2.23. The lowest BCUT2D eigenvalue weighted by molar-refractivity contribution is 0.0773. The second-order valence-corrected chi connectivity index (χ2v) is 7.20. The average molecular weight is 316 g/mol. The van der Waals surface area contributed by atoms with Crippen LogP contribution in [0, 0.1) is 0 Å². The fraction of sp³-hybridized carbons (Fsp3) is 0.444. The van der Waals surface area contributed by atoms with E-state index in [1.54, 1.807) is 11.3 Å². The standard InChI is InChI=1S/C18H24N2OS/c1-6-20(7-2)17(21)14-10-8-9-13(11-14)16-19-15(12-22-16)18(3,4)5/h8-12H,6-7H2,1-5H3. The van der Waals surface area contributed by atoms with Crippen molar-refractivity contribution >= 4 is 17.2 Å². The van der Waals surface area contributed by atoms with Crippen molar-refractivity contribution in [2.75, 3.05) is 13.1 Å². The lowest BCUT2D eigenvalue weighted by atomic mass is 9.93. The third kappa shape index (κ3) is 3.55. The molecule has 0 aliphatic carbocycles. The highest BCUT2D eigenvalue weighted by Crippen LogP contribution is 2.30. The van der Waals surface area contributed by atoms with Crippen molar-refractivity contribution in [3.8, 4) is 10.6 Å². The summed E-state index contributed by atoms with van der Waals surface area (Å²) in [6.45, 7) is 11.9. The molecular weight excluding hydrogens is 292 g/mol. The fourth-order valence-corrected chi connectivity index (χ4v) is 3.27. The van der Waals surface area contributed by atoms with Crippen molar-refractivity contribution in [1.29, 1.82) is 0 Å². The highest BCUT2D eigenvalue weighted by molar-refractivity contribution is 7.13. The van der Waals surface area contributed by atoms with Crippen LogP contribution in [0.5, 0.6) is 0 Å². The van der Waals surface area contributed by atoms with Crippen molar-refractivity contribution < 1.29 is 4.79 Å². The maximum Gasteiger partial charge on any atom is 0.253 e. The van der Waals surface area contributed by atoms with Gasteiger partial charge in [0.2, 0.25) is 0 Å². The summed E-state index contributed by atoms with van der Waals surface area (Å²) in [5.74, 6) is 0.0828. The highest BCUT2D eigenvalue weighted by Gasteiger charge is 2.19. The molecule has 0 unspecified atom stereocenters. The summed E-state index contributed by atoms with van der Waals surface area (Å²) in [6, 6.07) is 7.78. The first kappa shape index (κ1) is 16.7. The van der Waals surface area contributed by atoms with Gasteiger partial charge in [-0.15, -0.1) is 11.3 Å². The van der Waals surface area contributed by atoms with Crippen LogP contribution in [0.1, 0.15) is 50.7 Å². The Balaban J connectivity index is 2.32. The molecular formula is C18H24N2OS. The van der Waals surface area contributed by atoms with Gasteiger partial charge in [0, 0.05) is 35.0 Å². The normalized spacial score (nSPS) is 11.5.